The van der Waals surface area contributed by atoms with Crippen molar-refractivity contribution in [1.29, 1.82) is 0 Å². The van der Waals surface area contributed by atoms with E-state index in [0.717, 1.165) is 69.9 Å². The number of benzene rings is 2. The fourth-order valence-electron chi connectivity index (χ4n) is 5.08. The number of alkyl halides is 3. The van der Waals surface area contributed by atoms with Crippen LogP contribution < -0.4 is 10.6 Å². The van der Waals surface area contributed by atoms with Crippen molar-refractivity contribution >= 4 is 11.4 Å². The highest BCUT2D eigenvalue weighted by Crippen LogP contribution is 2.40. The summed E-state index contributed by atoms with van der Waals surface area (Å²) in [7, 11) is 0. The Morgan fingerprint density at radius 1 is 0.971 bits per heavy atom. The molecule has 2 aromatic rings. The van der Waals surface area contributed by atoms with Crippen molar-refractivity contribution in [1.82, 2.24) is 4.90 Å². The molecule has 0 amide bonds. The first-order valence-corrected chi connectivity index (χ1v) is 12.6. The molecule has 0 bridgehead atoms. The molecule has 186 valence electrons. The maximum absolute atomic E-state index is 13.9. The monoisotopic (exact) mass is 475 g/mol. The van der Waals surface area contributed by atoms with Crippen molar-refractivity contribution in [3.8, 4) is 0 Å². The van der Waals surface area contributed by atoms with Gasteiger partial charge in [0.2, 0.25) is 0 Å². The minimum atomic E-state index is -4.39. The van der Waals surface area contributed by atoms with Crippen LogP contribution in [-0.2, 0) is 4.74 Å². The normalized spacial score (nSPS) is 19.0. The van der Waals surface area contributed by atoms with E-state index in [1.807, 2.05) is 12.1 Å². The molecule has 1 aliphatic heterocycles. The lowest BCUT2D eigenvalue weighted by molar-refractivity contribution is -0.144. The van der Waals surface area contributed by atoms with Gasteiger partial charge in [-0.3, -0.25) is 4.90 Å². The summed E-state index contributed by atoms with van der Waals surface area (Å²) in [6.07, 6.45) is 2.40. The van der Waals surface area contributed by atoms with Gasteiger partial charge in [-0.1, -0.05) is 49.6 Å². The Kier molecular flexibility index (Phi) is 8.73. The van der Waals surface area contributed by atoms with Gasteiger partial charge in [-0.05, 0) is 61.1 Å². The molecule has 2 fully saturated rings. The van der Waals surface area contributed by atoms with Crippen LogP contribution in [0.1, 0.15) is 61.6 Å². The fraction of sp³-hybridized carbons (Fsp3) is 0.556. The van der Waals surface area contributed by atoms with Crippen molar-refractivity contribution in [2.24, 2.45) is 0 Å². The number of morpholine rings is 1. The molecule has 0 spiro atoms. The first kappa shape index (κ1) is 24.9. The molecule has 1 heterocycles. The van der Waals surface area contributed by atoms with E-state index < -0.39 is 12.2 Å². The van der Waals surface area contributed by atoms with Gasteiger partial charge in [0.15, 0.2) is 0 Å². The Bertz CT molecular complexity index is 878. The number of nitrogens with zero attached hydrogens (tertiary/aromatic N) is 1. The van der Waals surface area contributed by atoms with Crippen LogP contribution in [-0.4, -0.2) is 50.5 Å². The number of hydrogen-bond donors (Lipinski definition) is 2. The molecular formula is C27H36F3N3O. The second-order valence-electron chi connectivity index (χ2n) is 9.40. The Morgan fingerprint density at radius 2 is 1.71 bits per heavy atom. The first-order valence-electron chi connectivity index (χ1n) is 12.6. The number of hydrogen-bond acceptors (Lipinski definition) is 4. The molecule has 2 aliphatic rings. The summed E-state index contributed by atoms with van der Waals surface area (Å²) in [5.74, 6) is 0.387. The summed E-state index contributed by atoms with van der Waals surface area (Å²) in [6.45, 7) is 5.44. The number of anilines is 2. The zero-order valence-electron chi connectivity index (χ0n) is 19.7. The lowest BCUT2D eigenvalue weighted by Gasteiger charge is -2.28. The van der Waals surface area contributed by atoms with Gasteiger partial charge in [0.1, 0.15) is 6.04 Å². The third-order valence-electron chi connectivity index (χ3n) is 6.94. The summed E-state index contributed by atoms with van der Waals surface area (Å²) < 4.78 is 47.1. The van der Waals surface area contributed by atoms with Crippen LogP contribution in [0.4, 0.5) is 24.5 Å². The molecule has 1 unspecified atom stereocenters. The summed E-state index contributed by atoms with van der Waals surface area (Å²) in [5, 5.41) is 6.37. The number of halogens is 3. The number of ether oxygens (including phenoxy) is 1. The molecule has 0 aromatic heterocycles. The Balaban J connectivity index is 1.47. The van der Waals surface area contributed by atoms with E-state index in [1.165, 1.54) is 31.4 Å². The largest absolute Gasteiger partial charge is 0.412 e. The van der Waals surface area contributed by atoms with E-state index in [1.54, 1.807) is 24.3 Å². The van der Waals surface area contributed by atoms with Crippen LogP contribution in [0.2, 0.25) is 0 Å². The van der Waals surface area contributed by atoms with Crippen molar-refractivity contribution < 1.29 is 17.9 Å². The van der Waals surface area contributed by atoms with Gasteiger partial charge in [-0.2, -0.15) is 13.2 Å². The molecule has 1 aliphatic carbocycles. The Hall–Kier alpha value is -2.25. The molecule has 2 N–H and O–H groups in total. The lowest BCUT2D eigenvalue weighted by Crippen LogP contribution is -2.37. The van der Waals surface area contributed by atoms with Crippen LogP contribution in [0.15, 0.2) is 48.5 Å². The average Bonchev–Trinajstić information content (AvgIpc) is 2.86. The average molecular weight is 476 g/mol. The van der Waals surface area contributed by atoms with Crippen LogP contribution in [0, 0.1) is 0 Å². The highest BCUT2D eigenvalue weighted by molar-refractivity contribution is 5.61. The molecule has 34 heavy (non-hydrogen) atoms. The Morgan fingerprint density at radius 3 is 2.41 bits per heavy atom. The third kappa shape index (κ3) is 6.89. The third-order valence-corrected chi connectivity index (χ3v) is 6.94. The van der Waals surface area contributed by atoms with Gasteiger partial charge in [0, 0.05) is 31.0 Å². The van der Waals surface area contributed by atoms with Crippen molar-refractivity contribution in [3.63, 3.8) is 0 Å². The van der Waals surface area contributed by atoms with Crippen molar-refractivity contribution in [2.75, 3.05) is 50.0 Å². The molecule has 1 saturated carbocycles. The Labute approximate surface area is 200 Å². The zero-order chi connectivity index (χ0) is 23.8. The predicted octanol–water partition coefficient (Wildman–Crippen LogP) is 6.58. The van der Waals surface area contributed by atoms with Gasteiger partial charge in [-0.15, -0.1) is 0 Å². The van der Waals surface area contributed by atoms with Gasteiger partial charge in [0.05, 0.1) is 13.2 Å². The van der Waals surface area contributed by atoms with E-state index in [4.69, 9.17) is 4.74 Å². The summed E-state index contributed by atoms with van der Waals surface area (Å²) in [4.78, 5) is 2.42. The molecule has 2 aromatic carbocycles. The summed E-state index contributed by atoms with van der Waals surface area (Å²) >= 11 is 0. The molecule has 1 atom stereocenters. The quantitative estimate of drug-likeness (QED) is 0.402. The summed E-state index contributed by atoms with van der Waals surface area (Å²) in [6, 6.07) is 12.0. The summed E-state index contributed by atoms with van der Waals surface area (Å²) in [5.41, 5.74) is 2.94. The molecule has 4 nitrogen and oxygen atoms in total. The standard InChI is InChI=1S/C27H36F3N3O/c28-27(29,30)26(22-10-5-2-6-11-22)32-23-12-13-25(24(20-23)21-8-3-1-4-9-21)31-14-7-15-33-16-18-34-19-17-33/h2,5-6,10-13,20-21,26,31-32H,1,3-4,7-9,14-19H2. The smallest absolute Gasteiger partial charge is 0.385 e. The van der Waals surface area contributed by atoms with E-state index >= 15 is 0 Å². The maximum Gasteiger partial charge on any atom is 0.412 e. The molecule has 0 radical (unpaired) electrons. The highest BCUT2D eigenvalue weighted by atomic mass is 19.4. The predicted molar refractivity (Wildman–Crippen MR) is 131 cm³/mol. The zero-order valence-corrected chi connectivity index (χ0v) is 19.7. The van der Waals surface area contributed by atoms with E-state index in [0.29, 0.717) is 11.6 Å². The topological polar surface area (TPSA) is 36.5 Å². The molecule has 7 heteroatoms. The molecule has 4 rings (SSSR count). The minimum Gasteiger partial charge on any atom is -0.385 e. The fourth-order valence-corrected chi connectivity index (χ4v) is 5.08. The molecular weight excluding hydrogens is 439 g/mol. The van der Waals surface area contributed by atoms with Gasteiger partial charge in [0.25, 0.3) is 0 Å². The van der Waals surface area contributed by atoms with Crippen LogP contribution >= 0.6 is 0 Å². The first-order chi connectivity index (χ1) is 16.5. The van der Waals surface area contributed by atoms with E-state index in [2.05, 4.69) is 15.5 Å². The SMILES string of the molecule is FC(F)(F)C(Nc1ccc(NCCCN2CCOCC2)c(C2CCCCC2)c1)c1ccccc1. The minimum absolute atomic E-state index is 0.222. The van der Waals surface area contributed by atoms with Gasteiger partial charge < -0.3 is 15.4 Å². The highest BCUT2D eigenvalue weighted by Gasteiger charge is 2.41. The van der Waals surface area contributed by atoms with E-state index in [9.17, 15) is 13.2 Å². The van der Waals surface area contributed by atoms with E-state index in [-0.39, 0.29) is 5.56 Å². The van der Waals surface area contributed by atoms with Gasteiger partial charge in [-0.25, -0.2) is 0 Å². The second-order valence-corrected chi connectivity index (χ2v) is 9.40. The van der Waals surface area contributed by atoms with Crippen molar-refractivity contribution in [3.05, 3.63) is 59.7 Å². The van der Waals surface area contributed by atoms with Crippen molar-refractivity contribution in [2.45, 2.75) is 56.7 Å². The number of rotatable bonds is 9. The van der Waals surface area contributed by atoms with Crippen LogP contribution in [0.5, 0.6) is 0 Å². The molecule has 1 saturated heterocycles. The second kappa shape index (κ2) is 11.9. The maximum atomic E-state index is 13.9. The number of nitrogens with one attached hydrogen (secondary N) is 2. The van der Waals surface area contributed by atoms with Crippen LogP contribution in [0.25, 0.3) is 0 Å². The lowest BCUT2D eigenvalue weighted by atomic mass is 9.83. The van der Waals surface area contributed by atoms with Crippen LogP contribution in [0.3, 0.4) is 0 Å². The van der Waals surface area contributed by atoms with Gasteiger partial charge >= 0.3 is 6.18 Å².